The molecule has 2 unspecified atom stereocenters. The molecule has 2 atom stereocenters. The highest BCUT2D eigenvalue weighted by molar-refractivity contribution is 5.81. The smallest absolute Gasteiger partial charge is 0.0843 e. The van der Waals surface area contributed by atoms with E-state index in [1.54, 1.807) is 0 Å². The van der Waals surface area contributed by atoms with Crippen LogP contribution in [0.2, 0.25) is 0 Å². The second-order valence-corrected chi connectivity index (χ2v) is 6.46. The van der Waals surface area contributed by atoms with Gasteiger partial charge in [-0.25, -0.2) is 0 Å². The maximum atomic E-state index is 9.94. The van der Waals surface area contributed by atoms with Crippen LogP contribution in [-0.2, 0) is 13.1 Å². The molecule has 1 N–H and O–H groups in total. The summed E-state index contributed by atoms with van der Waals surface area (Å²) >= 11 is 0. The Morgan fingerprint density at radius 2 is 1.90 bits per heavy atom. The van der Waals surface area contributed by atoms with Gasteiger partial charge in [0.25, 0.3) is 0 Å². The van der Waals surface area contributed by atoms with Gasteiger partial charge in [0, 0.05) is 30.6 Å². The van der Waals surface area contributed by atoms with Crippen LogP contribution in [0.5, 0.6) is 0 Å². The van der Waals surface area contributed by atoms with Gasteiger partial charge >= 0.3 is 0 Å². The highest BCUT2D eigenvalue weighted by Gasteiger charge is 2.40. The molecule has 4 rings (SSSR count). The van der Waals surface area contributed by atoms with Crippen molar-refractivity contribution < 1.29 is 5.11 Å². The number of piperidine rings is 1. The zero-order valence-corrected chi connectivity index (χ0v) is 12.6. The van der Waals surface area contributed by atoms with Crippen molar-refractivity contribution in [3.05, 3.63) is 30.0 Å². The fraction of sp³-hybridized carbons (Fsp3) is 0.588. The first-order valence-electron chi connectivity index (χ1n) is 8.14. The zero-order chi connectivity index (χ0) is 14.4. The van der Waals surface area contributed by atoms with Crippen LogP contribution in [0.25, 0.3) is 10.9 Å². The van der Waals surface area contributed by atoms with Gasteiger partial charge in [0.1, 0.15) is 0 Å². The Balaban J connectivity index is 1.66. The summed E-state index contributed by atoms with van der Waals surface area (Å²) < 4.78 is 2.10. The molecule has 0 spiro atoms. The summed E-state index contributed by atoms with van der Waals surface area (Å²) in [6.45, 7) is 3.98. The quantitative estimate of drug-likeness (QED) is 0.942. The lowest BCUT2D eigenvalue weighted by Crippen LogP contribution is -2.44. The van der Waals surface area contributed by atoms with Crippen molar-refractivity contribution >= 4 is 10.9 Å². The van der Waals surface area contributed by atoms with E-state index in [-0.39, 0.29) is 6.10 Å². The summed E-state index contributed by atoms with van der Waals surface area (Å²) in [6.07, 6.45) is 4.23. The van der Waals surface area contributed by atoms with Gasteiger partial charge in [-0.15, -0.1) is 0 Å². The molecule has 112 valence electrons. The predicted molar refractivity (Wildman–Crippen MR) is 83.0 cm³/mol. The Morgan fingerprint density at radius 3 is 2.62 bits per heavy atom. The minimum absolute atomic E-state index is 0.0938. The number of aliphatic hydroxyl groups excluding tert-OH is 1. The van der Waals surface area contributed by atoms with Gasteiger partial charge in [0.15, 0.2) is 0 Å². The minimum Gasteiger partial charge on any atom is -0.393 e. The van der Waals surface area contributed by atoms with Crippen molar-refractivity contribution in [2.75, 3.05) is 0 Å². The Kier molecular flexibility index (Phi) is 3.23. The second-order valence-electron chi connectivity index (χ2n) is 6.46. The molecule has 1 aromatic carbocycles. The van der Waals surface area contributed by atoms with E-state index >= 15 is 0 Å². The average molecular weight is 285 g/mol. The maximum absolute atomic E-state index is 9.94. The van der Waals surface area contributed by atoms with Gasteiger partial charge < -0.3 is 5.11 Å². The fourth-order valence-corrected chi connectivity index (χ4v) is 4.23. The third kappa shape index (κ3) is 2.17. The van der Waals surface area contributed by atoms with Crippen LogP contribution >= 0.6 is 0 Å². The molecular weight excluding hydrogens is 262 g/mol. The second kappa shape index (κ2) is 5.11. The van der Waals surface area contributed by atoms with E-state index in [2.05, 4.69) is 40.8 Å². The first-order chi connectivity index (χ1) is 10.3. The van der Waals surface area contributed by atoms with Gasteiger partial charge in [-0.2, -0.15) is 5.10 Å². The molecule has 1 aromatic heterocycles. The van der Waals surface area contributed by atoms with E-state index in [1.165, 1.54) is 29.4 Å². The van der Waals surface area contributed by atoms with Gasteiger partial charge in [0.05, 0.1) is 17.3 Å². The maximum Gasteiger partial charge on any atom is 0.0843 e. The van der Waals surface area contributed by atoms with Crippen molar-refractivity contribution in [3.8, 4) is 0 Å². The number of para-hydroxylation sites is 1. The van der Waals surface area contributed by atoms with Crippen molar-refractivity contribution in [3.63, 3.8) is 0 Å². The van der Waals surface area contributed by atoms with E-state index in [0.717, 1.165) is 25.9 Å². The average Bonchev–Trinajstić information content (AvgIpc) is 2.96. The standard InChI is InChI=1S/C17H23N3O/c1-2-20-17-6-4-3-5-15(17)16(18-20)11-19-12-7-8-13(19)10-14(21)9-12/h3-6,12-14,21H,2,7-11H2,1H3. The van der Waals surface area contributed by atoms with Gasteiger partial charge in [-0.3, -0.25) is 9.58 Å². The van der Waals surface area contributed by atoms with Crippen LogP contribution in [0, 0.1) is 0 Å². The summed E-state index contributed by atoms with van der Waals surface area (Å²) in [6, 6.07) is 9.62. The van der Waals surface area contributed by atoms with Gasteiger partial charge in [-0.05, 0) is 38.7 Å². The van der Waals surface area contributed by atoms with Crippen LogP contribution in [0.3, 0.4) is 0 Å². The van der Waals surface area contributed by atoms with E-state index < -0.39 is 0 Å². The molecule has 2 saturated heterocycles. The number of hydrogen-bond donors (Lipinski definition) is 1. The van der Waals surface area contributed by atoms with E-state index in [4.69, 9.17) is 5.10 Å². The number of aryl methyl sites for hydroxylation is 1. The summed E-state index contributed by atoms with van der Waals surface area (Å²) in [4.78, 5) is 2.58. The van der Waals surface area contributed by atoms with Crippen molar-refractivity contribution in [1.29, 1.82) is 0 Å². The lowest BCUT2D eigenvalue weighted by atomic mass is 9.99. The van der Waals surface area contributed by atoms with E-state index in [0.29, 0.717) is 12.1 Å². The lowest BCUT2D eigenvalue weighted by molar-refractivity contribution is 0.0305. The number of aliphatic hydroxyl groups is 1. The third-order valence-corrected chi connectivity index (χ3v) is 5.23. The summed E-state index contributed by atoms with van der Waals surface area (Å²) in [7, 11) is 0. The minimum atomic E-state index is -0.0938. The molecule has 0 amide bonds. The molecule has 0 saturated carbocycles. The predicted octanol–water partition coefficient (Wildman–Crippen LogP) is 2.54. The molecule has 4 heteroatoms. The topological polar surface area (TPSA) is 41.3 Å². The molecule has 0 radical (unpaired) electrons. The molecule has 4 nitrogen and oxygen atoms in total. The van der Waals surface area contributed by atoms with Crippen LogP contribution in [-0.4, -0.2) is 38.0 Å². The number of benzene rings is 1. The Morgan fingerprint density at radius 1 is 1.19 bits per heavy atom. The van der Waals surface area contributed by atoms with Crippen molar-refractivity contribution in [2.45, 2.75) is 63.9 Å². The SMILES string of the molecule is CCn1nc(CN2C3CCC2CC(O)C3)c2ccccc21. The van der Waals surface area contributed by atoms with E-state index in [1.807, 2.05) is 0 Å². The summed E-state index contributed by atoms with van der Waals surface area (Å²) in [5.41, 5.74) is 2.43. The first kappa shape index (κ1) is 13.3. The third-order valence-electron chi connectivity index (χ3n) is 5.23. The molecule has 2 bridgehead atoms. The highest BCUT2D eigenvalue weighted by Crippen LogP contribution is 2.37. The van der Waals surface area contributed by atoms with Gasteiger partial charge in [-0.1, -0.05) is 18.2 Å². The number of fused-ring (bicyclic) bond motifs is 3. The van der Waals surface area contributed by atoms with Crippen LogP contribution in [0.15, 0.2) is 24.3 Å². The molecule has 21 heavy (non-hydrogen) atoms. The summed E-state index contributed by atoms with van der Waals surface area (Å²) in [5, 5.41) is 16.1. The number of hydrogen-bond acceptors (Lipinski definition) is 3. The molecule has 2 aliphatic rings. The van der Waals surface area contributed by atoms with E-state index in [9.17, 15) is 5.11 Å². The van der Waals surface area contributed by atoms with Crippen LogP contribution in [0.1, 0.15) is 38.3 Å². The molecule has 3 heterocycles. The number of nitrogens with zero attached hydrogens (tertiary/aromatic N) is 3. The van der Waals surface area contributed by atoms with Crippen LogP contribution in [0.4, 0.5) is 0 Å². The highest BCUT2D eigenvalue weighted by atomic mass is 16.3. The Labute approximate surface area is 125 Å². The molecule has 0 aliphatic carbocycles. The van der Waals surface area contributed by atoms with Crippen molar-refractivity contribution in [1.82, 2.24) is 14.7 Å². The monoisotopic (exact) mass is 285 g/mol. The molecule has 2 aromatic rings. The Hall–Kier alpha value is -1.39. The lowest BCUT2D eigenvalue weighted by Gasteiger charge is -2.36. The zero-order valence-electron chi connectivity index (χ0n) is 12.6. The summed E-state index contributed by atoms with van der Waals surface area (Å²) in [5.74, 6) is 0. The first-order valence-corrected chi connectivity index (χ1v) is 8.14. The number of rotatable bonds is 3. The molecule has 2 aliphatic heterocycles. The Bertz CT molecular complexity index is 637. The van der Waals surface area contributed by atoms with Crippen molar-refractivity contribution in [2.24, 2.45) is 0 Å². The van der Waals surface area contributed by atoms with Crippen LogP contribution < -0.4 is 0 Å². The fourth-order valence-electron chi connectivity index (χ4n) is 4.23. The number of aromatic nitrogens is 2. The van der Waals surface area contributed by atoms with Gasteiger partial charge in [0.2, 0.25) is 0 Å². The largest absolute Gasteiger partial charge is 0.393 e. The normalized spacial score (nSPS) is 29.3. The molecule has 2 fully saturated rings. The molecular formula is C17H23N3O.